The maximum Gasteiger partial charge on any atom is 0.243 e. The molecule has 1 fully saturated rings. The zero-order valence-corrected chi connectivity index (χ0v) is 19.5. The number of hydrogen-bond acceptors (Lipinski definition) is 4. The van der Waals surface area contributed by atoms with Crippen molar-refractivity contribution in [3.63, 3.8) is 0 Å². The second-order valence-electron chi connectivity index (χ2n) is 7.07. The first-order valence-electron chi connectivity index (χ1n) is 9.23. The second kappa shape index (κ2) is 9.32. The van der Waals surface area contributed by atoms with E-state index in [-0.39, 0.29) is 32.4 Å². The fourth-order valence-corrected chi connectivity index (χ4v) is 5.59. The molecule has 0 spiro atoms. The molecule has 2 aromatic carbocycles. The number of rotatable bonds is 5. The Bertz CT molecular complexity index is 1080. The molecule has 1 N–H and O–H groups in total. The van der Waals surface area contributed by atoms with Crippen molar-refractivity contribution < 1.29 is 17.9 Å². The van der Waals surface area contributed by atoms with Gasteiger partial charge >= 0.3 is 0 Å². The van der Waals surface area contributed by atoms with E-state index in [1.165, 1.54) is 29.6 Å². The van der Waals surface area contributed by atoms with Crippen LogP contribution in [0.5, 0.6) is 5.75 Å². The molecule has 0 aromatic heterocycles. The summed E-state index contributed by atoms with van der Waals surface area (Å²) in [7, 11) is -2.20. The lowest BCUT2D eigenvalue weighted by Gasteiger charge is -2.31. The number of amides is 1. The fourth-order valence-electron chi connectivity index (χ4n) is 3.39. The summed E-state index contributed by atoms with van der Waals surface area (Å²) in [4.78, 5) is 13.0. The molecule has 30 heavy (non-hydrogen) atoms. The van der Waals surface area contributed by atoms with E-state index >= 15 is 0 Å². The Hall–Kier alpha value is -1.51. The van der Waals surface area contributed by atoms with Crippen LogP contribution in [0.1, 0.15) is 18.4 Å². The number of benzene rings is 2. The van der Waals surface area contributed by atoms with Gasteiger partial charge in [0, 0.05) is 13.1 Å². The fraction of sp³-hybridized carbons (Fsp3) is 0.350. The predicted octanol–water partition coefficient (Wildman–Crippen LogP) is 5.00. The Labute approximate surface area is 191 Å². The molecule has 1 atom stereocenters. The first-order valence-corrected chi connectivity index (χ1v) is 11.8. The molecule has 0 saturated carbocycles. The Balaban J connectivity index is 1.77. The van der Waals surface area contributed by atoms with E-state index in [1.54, 1.807) is 19.1 Å². The molecule has 1 amide bonds. The highest BCUT2D eigenvalue weighted by Gasteiger charge is 2.33. The molecule has 1 aliphatic rings. The molecule has 1 heterocycles. The Morgan fingerprint density at radius 2 is 1.83 bits per heavy atom. The smallest absolute Gasteiger partial charge is 0.243 e. The average Bonchev–Trinajstić information content (AvgIpc) is 2.72. The Morgan fingerprint density at radius 1 is 1.13 bits per heavy atom. The van der Waals surface area contributed by atoms with Gasteiger partial charge in [0.05, 0.1) is 38.7 Å². The number of ether oxygens (including phenoxy) is 1. The van der Waals surface area contributed by atoms with Crippen molar-refractivity contribution in [2.75, 3.05) is 25.5 Å². The largest absolute Gasteiger partial charge is 0.496 e. The molecule has 0 bridgehead atoms. The molecule has 1 aliphatic heterocycles. The molecule has 0 radical (unpaired) electrons. The maximum atomic E-state index is 13.1. The van der Waals surface area contributed by atoms with E-state index in [1.807, 2.05) is 0 Å². The first-order chi connectivity index (χ1) is 14.1. The van der Waals surface area contributed by atoms with Crippen LogP contribution in [0.2, 0.25) is 15.1 Å². The van der Waals surface area contributed by atoms with Crippen LogP contribution >= 0.6 is 34.8 Å². The van der Waals surface area contributed by atoms with Crippen molar-refractivity contribution in [3.8, 4) is 5.75 Å². The molecule has 10 heteroatoms. The zero-order chi connectivity index (χ0) is 22.1. The van der Waals surface area contributed by atoms with Gasteiger partial charge in [-0.3, -0.25) is 4.79 Å². The summed E-state index contributed by atoms with van der Waals surface area (Å²) in [5.74, 6) is -0.220. The quantitative estimate of drug-likeness (QED) is 0.597. The Morgan fingerprint density at radius 3 is 2.50 bits per heavy atom. The SMILES string of the molecule is COc1ccc(S(=O)(=O)N2CCC[C@@H](C(=O)Nc3cc(Cl)c(Cl)cc3Cl)C2)cc1C. The van der Waals surface area contributed by atoms with Gasteiger partial charge in [-0.05, 0) is 55.7 Å². The number of methoxy groups -OCH3 is 1. The number of halogens is 3. The number of aryl methyl sites for hydroxylation is 1. The standard InChI is InChI=1S/C20H21Cl3N2O4S/c1-12-8-14(5-6-19(12)29-2)30(27,28)25-7-3-4-13(11-25)20(26)24-18-10-16(22)15(21)9-17(18)23/h5-6,8-10,13H,3-4,7,11H2,1-2H3,(H,24,26)/t13-/m1/s1. The number of sulfonamides is 1. The van der Waals surface area contributed by atoms with E-state index in [0.717, 1.165) is 5.56 Å². The summed E-state index contributed by atoms with van der Waals surface area (Å²) in [6.07, 6.45) is 1.14. The van der Waals surface area contributed by atoms with Crippen molar-refractivity contribution in [2.45, 2.75) is 24.7 Å². The molecular weight excluding hydrogens is 471 g/mol. The number of nitrogens with zero attached hydrogens (tertiary/aromatic N) is 1. The molecule has 162 valence electrons. The van der Waals surface area contributed by atoms with Crippen molar-refractivity contribution >= 4 is 56.4 Å². The number of nitrogens with one attached hydrogen (secondary N) is 1. The lowest BCUT2D eigenvalue weighted by molar-refractivity contribution is -0.120. The third kappa shape index (κ3) is 4.86. The minimum absolute atomic E-state index is 0.0815. The van der Waals surface area contributed by atoms with E-state index < -0.39 is 15.9 Å². The molecule has 1 saturated heterocycles. The summed E-state index contributed by atoms with van der Waals surface area (Å²) < 4.78 is 32.7. The third-order valence-corrected chi connectivity index (χ3v) is 7.92. The topological polar surface area (TPSA) is 75.7 Å². The van der Waals surface area contributed by atoms with Crippen LogP contribution in [0.15, 0.2) is 35.2 Å². The van der Waals surface area contributed by atoms with E-state index in [9.17, 15) is 13.2 Å². The van der Waals surface area contributed by atoms with Crippen molar-refractivity contribution in [1.29, 1.82) is 0 Å². The number of piperidine rings is 1. The monoisotopic (exact) mass is 490 g/mol. The van der Waals surface area contributed by atoms with Crippen molar-refractivity contribution in [2.24, 2.45) is 5.92 Å². The van der Waals surface area contributed by atoms with Crippen LogP contribution in [-0.2, 0) is 14.8 Å². The number of carbonyl (C=O) groups is 1. The van der Waals surface area contributed by atoms with Crippen LogP contribution in [-0.4, -0.2) is 38.8 Å². The van der Waals surface area contributed by atoms with Gasteiger partial charge in [0.25, 0.3) is 0 Å². The predicted molar refractivity (Wildman–Crippen MR) is 119 cm³/mol. The van der Waals surface area contributed by atoms with Crippen molar-refractivity contribution in [1.82, 2.24) is 4.31 Å². The van der Waals surface area contributed by atoms with Gasteiger partial charge in [-0.1, -0.05) is 34.8 Å². The molecule has 3 rings (SSSR count). The van der Waals surface area contributed by atoms with Crippen LogP contribution in [0.4, 0.5) is 5.69 Å². The second-order valence-corrected chi connectivity index (χ2v) is 10.2. The Kier molecular flexibility index (Phi) is 7.20. The summed E-state index contributed by atoms with van der Waals surface area (Å²) in [5.41, 5.74) is 1.06. The lowest BCUT2D eigenvalue weighted by Crippen LogP contribution is -2.43. The third-order valence-electron chi connectivity index (χ3n) is 5.03. The van der Waals surface area contributed by atoms with E-state index in [4.69, 9.17) is 39.5 Å². The number of carbonyl (C=O) groups excluding carboxylic acids is 1. The van der Waals surface area contributed by atoms with E-state index in [2.05, 4.69) is 5.32 Å². The number of hydrogen-bond donors (Lipinski definition) is 1. The highest BCUT2D eigenvalue weighted by Crippen LogP contribution is 2.33. The van der Waals surface area contributed by atoms with Crippen LogP contribution in [0, 0.1) is 12.8 Å². The molecule has 0 aliphatic carbocycles. The number of anilines is 1. The van der Waals surface area contributed by atoms with Gasteiger partial charge in [0.1, 0.15) is 5.75 Å². The van der Waals surface area contributed by atoms with Gasteiger partial charge < -0.3 is 10.1 Å². The molecule has 2 aromatic rings. The normalized spacial score (nSPS) is 17.6. The lowest BCUT2D eigenvalue weighted by atomic mass is 9.98. The van der Waals surface area contributed by atoms with Crippen LogP contribution < -0.4 is 10.1 Å². The zero-order valence-electron chi connectivity index (χ0n) is 16.4. The highest BCUT2D eigenvalue weighted by atomic mass is 35.5. The van der Waals surface area contributed by atoms with Crippen LogP contribution in [0.3, 0.4) is 0 Å². The van der Waals surface area contributed by atoms with Gasteiger partial charge in [0.15, 0.2) is 0 Å². The van der Waals surface area contributed by atoms with Gasteiger partial charge in [0.2, 0.25) is 15.9 Å². The van der Waals surface area contributed by atoms with Crippen LogP contribution in [0.25, 0.3) is 0 Å². The molecule has 6 nitrogen and oxygen atoms in total. The van der Waals surface area contributed by atoms with E-state index in [0.29, 0.717) is 30.8 Å². The van der Waals surface area contributed by atoms with Gasteiger partial charge in [-0.15, -0.1) is 0 Å². The molecule has 0 unspecified atom stereocenters. The minimum atomic E-state index is -3.74. The summed E-state index contributed by atoms with van der Waals surface area (Å²) in [6.45, 7) is 2.22. The van der Waals surface area contributed by atoms with Gasteiger partial charge in [-0.25, -0.2) is 8.42 Å². The summed E-state index contributed by atoms with van der Waals surface area (Å²) >= 11 is 18.1. The van der Waals surface area contributed by atoms with Crippen molar-refractivity contribution in [3.05, 3.63) is 51.0 Å². The highest BCUT2D eigenvalue weighted by molar-refractivity contribution is 7.89. The van der Waals surface area contributed by atoms with Gasteiger partial charge in [-0.2, -0.15) is 4.31 Å². The summed E-state index contributed by atoms with van der Waals surface area (Å²) in [5, 5.41) is 3.53. The summed E-state index contributed by atoms with van der Waals surface area (Å²) in [6, 6.07) is 7.64. The molecular formula is C20H21Cl3N2O4S. The average molecular weight is 492 g/mol. The minimum Gasteiger partial charge on any atom is -0.496 e. The first kappa shape index (κ1) is 23.2. The maximum absolute atomic E-state index is 13.1.